The third-order valence-corrected chi connectivity index (χ3v) is 3.44. The molecule has 0 saturated carbocycles. The molecular weight excluding hydrogens is 315 g/mol. The minimum Gasteiger partial charge on any atom is -0.493 e. The van der Waals surface area contributed by atoms with Crippen LogP contribution in [-0.4, -0.2) is 15.2 Å². The van der Waals surface area contributed by atoms with Gasteiger partial charge in [-0.05, 0) is 49.5 Å². The number of aromatic hydroxyl groups is 1. The zero-order chi connectivity index (χ0) is 16.4. The molecule has 116 valence electrons. The minimum absolute atomic E-state index is 0.157. The van der Waals surface area contributed by atoms with Crippen LogP contribution in [0, 0.1) is 12.7 Å². The SMILES string of the molecule is Cc1ccc(NC(=S)N=Nc2c(O)[nH]c3cc(F)ccc23)cc1. The van der Waals surface area contributed by atoms with Gasteiger partial charge < -0.3 is 15.4 Å². The first-order valence-corrected chi connectivity index (χ1v) is 7.23. The number of anilines is 1. The molecule has 1 heterocycles. The van der Waals surface area contributed by atoms with Crippen LogP contribution in [-0.2, 0) is 0 Å². The van der Waals surface area contributed by atoms with Crippen molar-refractivity contribution in [2.24, 2.45) is 10.2 Å². The highest BCUT2D eigenvalue weighted by molar-refractivity contribution is 7.80. The smallest absolute Gasteiger partial charge is 0.218 e. The fourth-order valence-corrected chi connectivity index (χ4v) is 2.28. The number of fused-ring (bicyclic) bond motifs is 1. The van der Waals surface area contributed by atoms with Gasteiger partial charge in [-0.1, -0.05) is 17.7 Å². The lowest BCUT2D eigenvalue weighted by atomic mass is 10.2. The number of nitrogens with one attached hydrogen (secondary N) is 2. The number of nitrogens with zero attached hydrogens (tertiary/aromatic N) is 2. The fourth-order valence-electron chi connectivity index (χ4n) is 2.12. The molecule has 0 amide bonds. The Morgan fingerprint density at radius 2 is 1.96 bits per heavy atom. The van der Waals surface area contributed by atoms with E-state index in [1.165, 1.54) is 18.2 Å². The maximum absolute atomic E-state index is 13.2. The van der Waals surface area contributed by atoms with E-state index >= 15 is 0 Å². The van der Waals surface area contributed by atoms with Gasteiger partial charge in [-0.25, -0.2) is 4.39 Å². The van der Waals surface area contributed by atoms with E-state index in [0.29, 0.717) is 10.9 Å². The van der Waals surface area contributed by atoms with Crippen molar-refractivity contribution in [2.75, 3.05) is 5.32 Å². The molecule has 0 aliphatic carbocycles. The lowest BCUT2D eigenvalue weighted by Crippen LogP contribution is -2.04. The van der Waals surface area contributed by atoms with Crippen LogP contribution in [0.1, 0.15) is 5.56 Å². The lowest BCUT2D eigenvalue weighted by molar-refractivity contribution is 0.459. The normalized spacial score (nSPS) is 11.2. The Hall–Kier alpha value is -2.80. The molecule has 0 bridgehead atoms. The van der Waals surface area contributed by atoms with Crippen molar-refractivity contribution in [2.45, 2.75) is 6.92 Å². The second-order valence-corrected chi connectivity index (χ2v) is 5.39. The van der Waals surface area contributed by atoms with Crippen molar-refractivity contribution in [3.8, 4) is 5.88 Å². The van der Waals surface area contributed by atoms with E-state index in [1.54, 1.807) is 0 Å². The highest BCUT2D eigenvalue weighted by Gasteiger charge is 2.11. The van der Waals surface area contributed by atoms with Crippen molar-refractivity contribution in [1.82, 2.24) is 4.98 Å². The summed E-state index contributed by atoms with van der Waals surface area (Å²) < 4.78 is 13.2. The van der Waals surface area contributed by atoms with Crippen LogP contribution in [0.5, 0.6) is 5.88 Å². The van der Waals surface area contributed by atoms with Gasteiger partial charge in [0.25, 0.3) is 0 Å². The number of aryl methyl sites for hydroxylation is 1. The highest BCUT2D eigenvalue weighted by atomic mass is 32.1. The second kappa shape index (κ2) is 6.13. The summed E-state index contributed by atoms with van der Waals surface area (Å²) in [6.07, 6.45) is 0. The van der Waals surface area contributed by atoms with Gasteiger partial charge in [0.1, 0.15) is 5.82 Å². The van der Waals surface area contributed by atoms with Crippen molar-refractivity contribution in [3.05, 3.63) is 53.8 Å². The number of aromatic nitrogens is 1. The van der Waals surface area contributed by atoms with E-state index in [9.17, 15) is 9.50 Å². The predicted octanol–water partition coefficient (Wildman–Crippen LogP) is 4.80. The fraction of sp³-hybridized carbons (Fsp3) is 0.0625. The first-order chi connectivity index (χ1) is 11.0. The first-order valence-electron chi connectivity index (χ1n) is 6.82. The summed E-state index contributed by atoms with van der Waals surface area (Å²) in [5.74, 6) is -0.591. The van der Waals surface area contributed by atoms with Crippen LogP contribution in [0.25, 0.3) is 10.9 Å². The molecule has 0 atom stereocenters. The number of hydrogen-bond donors (Lipinski definition) is 3. The molecule has 0 aliphatic rings. The number of rotatable bonds is 2. The Bertz CT molecular complexity index is 902. The van der Waals surface area contributed by atoms with E-state index < -0.39 is 5.82 Å². The molecule has 3 rings (SSSR count). The van der Waals surface area contributed by atoms with Gasteiger partial charge in [-0.3, -0.25) is 0 Å². The largest absolute Gasteiger partial charge is 0.493 e. The Morgan fingerprint density at radius 3 is 2.70 bits per heavy atom. The predicted molar refractivity (Wildman–Crippen MR) is 91.8 cm³/mol. The molecule has 3 aromatic rings. The Labute approximate surface area is 136 Å². The zero-order valence-corrected chi connectivity index (χ0v) is 13.0. The summed E-state index contributed by atoms with van der Waals surface area (Å²) in [7, 11) is 0. The van der Waals surface area contributed by atoms with Crippen LogP contribution in [0.3, 0.4) is 0 Å². The van der Waals surface area contributed by atoms with Crippen molar-refractivity contribution in [1.29, 1.82) is 0 Å². The Balaban J connectivity index is 1.81. The van der Waals surface area contributed by atoms with E-state index in [4.69, 9.17) is 12.2 Å². The lowest BCUT2D eigenvalue weighted by Gasteiger charge is -2.02. The number of aromatic amines is 1. The van der Waals surface area contributed by atoms with Gasteiger partial charge in [-0.2, -0.15) is 0 Å². The summed E-state index contributed by atoms with van der Waals surface area (Å²) in [4.78, 5) is 2.65. The summed E-state index contributed by atoms with van der Waals surface area (Å²) in [6, 6.07) is 11.7. The molecule has 1 aromatic heterocycles. The van der Waals surface area contributed by atoms with Gasteiger partial charge in [-0.15, -0.1) is 10.2 Å². The van der Waals surface area contributed by atoms with Crippen molar-refractivity contribution < 1.29 is 9.50 Å². The van der Waals surface area contributed by atoms with Crippen molar-refractivity contribution >= 4 is 39.6 Å². The molecule has 7 heteroatoms. The number of hydrogen-bond acceptors (Lipinski definition) is 3. The molecule has 2 aromatic carbocycles. The molecule has 3 N–H and O–H groups in total. The molecule has 23 heavy (non-hydrogen) atoms. The van der Waals surface area contributed by atoms with Gasteiger partial charge in [0, 0.05) is 11.1 Å². The van der Waals surface area contributed by atoms with E-state index in [2.05, 4.69) is 20.5 Å². The third-order valence-electron chi connectivity index (χ3n) is 3.26. The quantitative estimate of drug-likeness (QED) is 0.467. The molecule has 0 saturated heterocycles. The van der Waals surface area contributed by atoms with Crippen LogP contribution in [0.15, 0.2) is 52.7 Å². The number of benzene rings is 2. The van der Waals surface area contributed by atoms with E-state index in [0.717, 1.165) is 11.3 Å². The van der Waals surface area contributed by atoms with Gasteiger partial charge in [0.15, 0.2) is 5.69 Å². The summed E-state index contributed by atoms with van der Waals surface area (Å²) in [5, 5.41) is 21.4. The molecule has 0 radical (unpaired) electrons. The van der Waals surface area contributed by atoms with Gasteiger partial charge in [0.2, 0.25) is 11.0 Å². The summed E-state index contributed by atoms with van der Waals surface area (Å²) in [5.41, 5.74) is 2.59. The van der Waals surface area contributed by atoms with Crippen LogP contribution >= 0.6 is 12.2 Å². The van der Waals surface area contributed by atoms with Crippen LogP contribution in [0.2, 0.25) is 0 Å². The van der Waals surface area contributed by atoms with Crippen LogP contribution in [0.4, 0.5) is 15.8 Å². The Kier molecular flexibility index (Phi) is 4.03. The number of azo groups is 1. The van der Waals surface area contributed by atoms with Crippen molar-refractivity contribution in [3.63, 3.8) is 0 Å². The maximum atomic E-state index is 13.2. The topological polar surface area (TPSA) is 72.8 Å². The van der Waals surface area contributed by atoms with E-state index in [1.807, 2.05) is 31.2 Å². The highest BCUT2D eigenvalue weighted by Crippen LogP contribution is 2.35. The second-order valence-electron chi connectivity index (χ2n) is 5.01. The first kappa shape index (κ1) is 15.1. The summed E-state index contributed by atoms with van der Waals surface area (Å²) in [6.45, 7) is 1.99. The molecule has 0 fully saturated rings. The molecule has 0 spiro atoms. The molecule has 0 unspecified atom stereocenters. The zero-order valence-electron chi connectivity index (χ0n) is 12.2. The van der Waals surface area contributed by atoms with Gasteiger partial charge >= 0.3 is 0 Å². The molecule has 5 nitrogen and oxygen atoms in total. The average molecular weight is 328 g/mol. The standard InChI is InChI=1S/C16H13FN4OS/c1-9-2-5-11(6-3-9)18-16(23)21-20-14-12-7-4-10(17)8-13(12)19-15(14)22/h2-8,19,22H,1H3,(H,18,23). The Morgan fingerprint density at radius 1 is 1.22 bits per heavy atom. The molecule has 0 aliphatic heterocycles. The summed E-state index contributed by atoms with van der Waals surface area (Å²) >= 11 is 5.11. The van der Waals surface area contributed by atoms with Crippen LogP contribution < -0.4 is 5.32 Å². The van der Waals surface area contributed by atoms with E-state index in [-0.39, 0.29) is 16.7 Å². The third kappa shape index (κ3) is 3.35. The minimum atomic E-state index is -0.404. The monoisotopic (exact) mass is 328 g/mol. The van der Waals surface area contributed by atoms with Gasteiger partial charge in [0.05, 0.1) is 5.52 Å². The maximum Gasteiger partial charge on any atom is 0.218 e. The number of H-pyrrole nitrogens is 1. The number of halogens is 1. The number of thiocarbonyl (C=S) groups is 1. The molecular formula is C16H13FN4OS. The average Bonchev–Trinajstić information content (AvgIpc) is 2.82.